The average molecular weight is 273 g/mol. The maximum absolute atomic E-state index is 12.0. The zero-order chi connectivity index (χ0) is 14.0. The summed E-state index contributed by atoms with van der Waals surface area (Å²) in [6.45, 7) is 7.50. The molecule has 18 heavy (non-hydrogen) atoms. The molecule has 0 aliphatic rings. The summed E-state index contributed by atoms with van der Waals surface area (Å²) in [6, 6.07) is 0.0189. The highest BCUT2D eigenvalue weighted by molar-refractivity contribution is 7.92. The second kappa shape index (κ2) is 5.40. The summed E-state index contributed by atoms with van der Waals surface area (Å²) in [5.41, 5.74) is 5.73. The van der Waals surface area contributed by atoms with E-state index in [4.69, 9.17) is 5.73 Å². The molecule has 0 aromatic carbocycles. The predicted molar refractivity (Wildman–Crippen MR) is 73.1 cm³/mol. The standard InChI is InChI=1S/C12H23N3O2S/c1-10(13)9-11-14-5-6-15(11)7-8-18(16,17)12(2,3)4/h5-6,10H,7-9,13H2,1-4H3. The first-order chi connectivity index (χ1) is 8.13. The quantitative estimate of drug-likeness (QED) is 0.867. The number of aryl methyl sites for hydroxylation is 1. The van der Waals surface area contributed by atoms with Crippen molar-refractivity contribution in [1.82, 2.24) is 9.55 Å². The molecule has 5 nitrogen and oxygen atoms in total. The van der Waals surface area contributed by atoms with Crippen LogP contribution >= 0.6 is 0 Å². The van der Waals surface area contributed by atoms with Crippen molar-refractivity contribution in [3.05, 3.63) is 18.2 Å². The Morgan fingerprint density at radius 2 is 2.06 bits per heavy atom. The topological polar surface area (TPSA) is 78.0 Å². The molecule has 0 spiro atoms. The third kappa shape index (κ3) is 3.81. The Morgan fingerprint density at radius 1 is 1.44 bits per heavy atom. The van der Waals surface area contributed by atoms with Crippen molar-refractivity contribution in [3.8, 4) is 0 Å². The van der Waals surface area contributed by atoms with Gasteiger partial charge in [-0.1, -0.05) is 0 Å². The van der Waals surface area contributed by atoms with Gasteiger partial charge in [-0.3, -0.25) is 0 Å². The lowest BCUT2D eigenvalue weighted by atomic mass is 10.2. The number of hydrogen-bond donors (Lipinski definition) is 1. The molecule has 0 fully saturated rings. The minimum absolute atomic E-state index is 0.0189. The number of hydrogen-bond acceptors (Lipinski definition) is 4. The van der Waals surface area contributed by atoms with Crippen LogP contribution < -0.4 is 5.73 Å². The van der Waals surface area contributed by atoms with Crippen LogP contribution in [0.5, 0.6) is 0 Å². The third-order valence-electron chi connectivity index (χ3n) is 2.84. The molecule has 0 aliphatic heterocycles. The van der Waals surface area contributed by atoms with E-state index in [1.165, 1.54) is 0 Å². The van der Waals surface area contributed by atoms with Crippen molar-refractivity contribution in [2.45, 2.75) is 51.4 Å². The van der Waals surface area contributed by atoms with E-state index >= 15 is 0 Å². The molecule has 0 radical (unpaired) electrons. The number of sulfone groups is 1. The van der Waals surface area contributed by atoms with Crippen molar-refractivity contribution < 1.29 is 8.42 Å². The van der Waals surface area contributed by atoms with E-state index in [1.807, 2.05) is 11.5 Å². The molecule has 1 aromatic heterocycles. The van der Waals surface area contributed by atoms with Crippen molar-refractivity contribution in [2.24, 2.45) is 5.73 Å². The Bertz CT molecular complexity index is 484. The highest BCUT2D eigenvalue weighted by atomic mass is 32.2. The molecular weight excluding hydrogens is 250 g/mol. The molecule has 0 saturated heterocycles. The fourth-order valence-electron chi connectivity index (χ4n) is 1.55. The summed E-state index contributed by atoms with van der Waals surface area (Å²) < 4.78 is 25.2. The highest BCUT2D eigenvalue weighted by Crippen LogP contribution is 2.16. The van der Waals surface area contributed by atoms with E-state index in [2.05, 4.69) is 4.98 Å². The smallest absolute Gasteiger partial charge is 0.156 e. The lowest BCUT2D eigenvalue weighted by Gasteiger charge is -2.19. The SMILES string of the molecule is CC(N)Cc1nccn1CCS(=O)(=O)C(C)(C)C. The summed E-state index contributed by atoms with van der Waals surface area (Å²) in [5.74, 6) is 0.966. The van der Waals surface area contributed by atoms with E-state index in [9.17, 15) is 8.42 Å². The minimum Gasteiger partial charge on any atom is -0.334 e. The first-order valence-corrected chi connectivity index (χ1v) is 7.76. The number of nitrogens with two attached hydrogens (primary N) is 1. The van der Waals surface area contributed by atoms with Gasteiger partial charge < -0.3 is 10.3 Å². The largest absolute Gasteiger partial charge is 0.334 e. The fraction of sp³-hybridized carbons (Fsp3) is 0.750. The lowest BCUT2D eigenvalue weighted by Crippen LogP contribution is -2.32. The van der Waals surface area contributed by atoms with E-state index in [0.717, 1.165) is 5.82 Å². The van der Waals surface area contributed by atoms with Gasteiger partial charge in [0, 0.05) is 31.4 Å². The highest BCUT2D eigenvalue weighted by Gasteiger charge is 2.28. The van der Waals surface area contributed by atoms with Crippen LogP contribution in [0.1, 0.15) is 33.5 Å². The average Bonchev–Trinajstić information content (AvgIpc) is 2.59. The van der Waals surface area contributed by atoms with Crippen LogP contribution in [0.25, 0.3) is 0 Å². The number of rotatable bonds is 5. The van der Waals surface area contributed by atoms with Gasteiger partial charge in [-0.2, -0.15) is 0 Å². The molecule has 1 atom stereocenters. The van der Waals surface area contributed by atoms with E-state index in [0.29, 0.717) is 13.0 Å². The Hall–Kier alpha value is -0.880. The van der Waals surface area contributed by atoms with Crippen molar-refractivity contribution in [1.29, 1.82) is 0 Å². The molecule has 1 rings (SSSR count). The molecule has 2 N–H and O–H groups in total. The van der Waals surface area contributed by atoms with Crippen LogP contribution in [0.15, 0.2) is 12.4 Å². The van der Waals surface area contributed by atoms with Crippen LogP contribution in [0.3, 0.4) is 0 Å². The Kier molecular flexibility index (Phi) is 4.55. The molecule has 1 aromatic rings. The van der Waals surface area contributed by atoms with Crippen LogP contribution in [0, 0.1) is 0 Å². The normalized spacial score (nSPS) is 14.7. The first kappa shape index (κ1) is 15.2. The van der Waals surface area contributed by atoms with Gasteiger partial charge in [0.2, 0.25) is 0 Å². The van der Waals surface area contributed by atoms with Gasteiger partial charge in [-0.05, 0) is 27.7 Å². The Morgan fingerprint density at radius 3 is 2.56 bits per heavy atom. The summed E-state index contributed by atoms with van der Waals surface area (Å²) in [5, 5.41) is 0. The van der Waals surface area contributed by atoms with Gasteiger partial charge in [0.1, 0.15) is 5.82 Å². The molecule has 104 valence electrons. The molecule has 0 amide bonds. The van der Waals surface area contributed by atoms with Gasteiger partial charge in [0.05, 0.1) is 10.5 Å². The van der Waals surface area contributed by atoms with Gasteiger partial charge in [-0.15, -0.1) is 0 Å². The van der Waals surface area contributed by atoms with Gasteiger partial charge in [0.15, 0.2) is 9.84 Å². The zero-order valence-corrected chi connectivity index (χ0v) is 12.4. The molecule has 6 heteroatoms. The van der Waals surface area contributed by atoms with Crippen molar-refractivity contribution in [3.63, 3.8) is 0 Å². The molecule has 1 heterocycles. The second-order valence-corrected chi connectivity index (χ2v) is 8.51. The zero-order valence-electron chi connectivity index (χ0n) is 11.5. The summed E-state index contributed by atoms with van der Waals surface area (Å²) in [4.78, 5) is 4.21. The van der Waals surface area contributed by atoms with Crippen LogP contribution in [0.2, 0.25) is 0 Å². The molecule has 0 bridgehead atoms. The molecular formula is C12H23N3O2S. The Labute approximate surface area is 109 Å². The summed E-state index contributed by atoms with van der Waals surface area (Å²) in [7, 11) is -3.10. The Balaban J connectivity index is 2.73. The minimum atomic E-state index is -3.10. The van der Waals surface area contributed by atoms with Crippen molar-refractivity contribution in [2.75, 3.05) is 5.75 Å². The third-order valence-corrected chi connectivity index (χ3v) is 5.43. The van der Waals surface area contributed by atoms with Gasteiger partial charge in [-0.25, -0.2) is 13.4 Å². The van der Waals surface area contributed by atoms with E-state index in [1.54, 1.807) is 33.2 Å². The fourth-order valence-corrected chi connectivity index (χ4v) is 2.60. The number of nitrogens with zero attached hydrogens (tertiary/aromatic N) is 2. The molecule has 0 saturated carbocycles. The number of aromatic nitrogens is 2. The van der Waals surface area contributed by atoms with E-state index < -0.39 is 14.6 Å². The van der Waals surface area contributed by atoms with Gasteiger partial charge >= 0.3 is 0 Å². The van der Waals surface area contributed by atoms with Crippen molar-refractivity contribution >= 4 is 9.84 Å². The lowest BCUT2D eigenvalue weighted by molar-refractivity contribution is 0.550. The predicted octanol–water partition coefficient (Wildman–Crippen LogP) is 0.986. The van der Waals surface area contributed by atoms with Crippen LogP contribution in [0.4, 0.5) is 0 Å². The maximum atomic E-state index is 12.0. The van der Waals surface area contributed by atoms with Gasteiger partial charge in [0.25, 0.3) is 0 Å². The first-order valence-electron chi connectivity index (χ1n) is 6.11. The second-order valence-electron chi connectivity index (χ2n) is 5.65. The monoisotopic (exact) mass is 273 g/mol. The molecule has 0 aliphatic carbocycles. The summed E-state index contributed by atoms with van der Waals surface area (Å²) in [6.07, 6.45) is 4.14. The number of imidazole rings is 1. The van der Waals surface area contributed by atoms with Crippen LogP contribution in [-0.4, -0.2) is 34.5 Å². The van der Waals surface area contributed by atoms with E-state index in [-0.39, 0.29) is 11.8 Å². The van der Waals surface area contributed by atoms with Crippen LogP contribution in [-0.2, 0) is 22.8 Å². The molecule has 1 unspecified atom stereocenters. The summed E-state index contributed by atoms with van der Waals surface area (Å²) >= 11 is 0. The maximum Gasteiger partial charge on any atom is 0.156 e.